The van der Waals surface area contributed by atoms with E-state index in [2.05, 4.69) is 5.32 Å². The largest absolute Gasteiger partial charge is 0.481 e. The zero-order valence-corrected chi connectivity index (χ0v) is 10.7. The normalized spacial score (nSPS) is 22.9. The van der Waals surface area contributed by atoms with Crippen LogP contribution in [0.15, 0.2) is 0 Å². The molecule has 2 fully saturated rings. The van der Waals surface area contributed by atoms with Gasteiger partial charge in [-0.1, -0.05) is 6.42 Å². The lowest BCUT2D eigenvalue weighted by Crippen LogP contribution is -2.45. The Kier molecular flexibility index (Phi) is 3.90. The van der Waals surface area contributed by atoms with E-state index in [1.54, 1.807) is 0 Å². The number of carboxylic acids is 1. The van der Waals surface area contributed by atoms with Crippen LogP contribution in [0.4, 0.5) is 0 Å². The van der Waals surface area contributed by atoms with Crippen LogP contribution >= 0.6 is 0 Å². The van der Waals surface area contributed by atoms with Crippen molar-refractivity contribution in [2.24, 2.45) is 17.1 Å². The monoisotopic (exact) mass is 254 g/mol. The van der Waals surface area contributed by atoms with Crippen molar-refractivity contribution in [1.82, 2.24) is 5.32 Å². The molecule has 0 spiro atoms. The molecule has 1 amide bonds. The Morgan fingerprint density at radius 1 is 1.39 bits per heavy atom. The van der Waals surface area contributed by atoms with E-state index >= 15 is 0 Å². The Bertz CT molecular complexity index is 330. The zero-order chi connectivity index (χ0) is 13.2. The highest BCUT2D eigenvalue weighted by atomic mass is 16.4. The van der Waals surface area contributed by atoms with E-state index in [0.29, 0.717) is 18.9 Å². The molecule has 1 atom stereocenters. The molecule has 18 heavy (non-hydrogen) atoms. The summed E-state index contributed by atoms with van der Waals surface area (Å²) in [5.74, 6) is -0.511. The minimum absolute atomic E-state index is 0.0125. The molecule has 2 aliphatic rings. The average molecular weight is 254 g/mol. The summed E-state index contributed by atoms with van der Waals surface area (Å²) in [6.07, 6.45) is 5.72. The van der Waals surface area contributed by atoms with Crippen LogP contribution in [0.3, 0.4) is 0 Å². The summed E-state index contributed by atoms with van der Waals surface area (Å²) in [6, 6.07) is -0.190. The fraction of sp³-hybridized carbons (Fsp3) is 0.846. The van der Waals surface area contributed by atoms with Crippen LogP contribution in [-0.4, -0.2) is 29.6 Å². The highest BCUT2D eigenvalue weighted by molar-refractivity contribution is 5.78. The van der Waals surface area contributed by atoms with E-state index in [1.165, 1.54) is 0 Å². The van der Waals surface area contributed by atoms with Gasteiger partial charge in [-0.3, -0.25) is 9.59 Å². The fourth-order valence-corrected chi connectivity index (χ4v) is 2.75. The van der Waals surface area contributed by atoms with Crippen molar-refractivity contribution in [3.05, 3.63) is 0 Å². The van der Waals surface area contributed by atoms with Gasteiger partial charge in [0.05, 0.1) is 6.42 Å². The second-order valence-electron chi connectivity index (χ2n) is 5.84. The fourth-order valence-electron chi connectivity index (χ4n) is 2.75. The molecule has 0 radical (unpaired) electrons. The molecule has 0 aromatic rings. The molecule has 0 aromatic carbocycles. The van der Waals surface area contributed by atoms with Gasteiger partial charge < -0.3 is 16.2 Å². The van der Waals surface area contributed by atoms with Crippen molar-refractivity contribution in [2.75, 3.05) is 6.54 Å². The molecule has 1 unspecified atom stereocenters. The standard InChI is InChI=1S/C13H22N2O3/c14-8-13(4-1-5-13)7-11(16)15-10(6-12(17)18)9-2-3-9/h9-10H,1-8,14H2,(H,15,16)(H,17,18). The van der Waals surface area contributed by atoms with Gasteiger partial charge in [0.1, 0.15) is 0 Å². The smallest absolute Gasteiger partial charge is 0.305 e. The number of amides is 1. The number of nitrogens with one attached hydrogen (secondary N) is 1. The summed E-state index contributed by atoms with van der Waals surface area (Å²) in [7, 11) is 0. The third-order valence-corrected chi connectivity index (χ3v) is 4.31. The van der Waals surface area contributed by atoms with Crippen LogP contribution < -0.4 is 11.1 Å². The lowest BCUT2D eigenvalue weighted by atomic mass is 9.66. The van der Waals surface area contributed by atoms with Crippen LogP contribution in [0, 0.1) is 11.3 Å². The lowest BCUT2D eigenvalue weighted by Gasteiger charge is -2.40. The van der Waals surface area contributed by atoms with Crippen molar-refractivity contribution < 1.29 is 14.7 Å². The number of carbonyl (C=O) groups excluding carboxylic acids is 1. The van der Waals surface area contributed by atoms with Crippen molar-refractivity contribution in [3.8, 4) is 0 Å². The van der Waals surface area contributed by atoms with E-state index < -0.39 is 5.97 Å². The molecule has 0 aliphatic heterocycles. The van der Waals surface area contributed by atoms with Crippen molar-refractivity contribution in [2.45, 2.75) is 51.0 Å². The first-order chi connectivity index (χ1) is 8.54. The van der Waals surface area contributed by atoms with Gasteiger partial charge in [-0.15, -0.1) is 0 Å². The Labute approximate surface area is 107 Å². The second-order valence-corrected chi connectivity index (χ2v) is 5.84. The summed E-state index contributed by atoms with van der Waals surface area (Å²) in [5, 5.41) is 11.7. The van der Waals surface area contributed by atoms with Crippen LogP contribution in [0.2, 0.25) is 0 Å². The Hall–Kier alpha value is -1.10. The highest BCUT2D eigenvalue weighted by Crippen LogP contribution is 2.43. The number of aliphatic carboxylic acids is 1. The number of hydrogen-bond acceptors (Lipinski definition) is 3. The third kappa shape index (κ3) is 3.22. The molecule has 5 nitrogen and oxygen atoms in total. The molecular formula is C13H22N2O3. The molecule has 5 heteroatoms. The van der Waals surface area contributed by atoms with Crippen LogP contribution in [0.25, 0.3) is 0 Å². The highest BCUT2D eigenvalue weighted by Gasteiger charge is 2.39. The molecule has 2 saturated carbocycles. The van der Waals surface area contributed by atoms with E-state index in [-0.39, 0.29) is 23.8 Å². The van der Waals surface area contributed by atoms with Crippen molar-refractivity contribution in [3.63, 3.8) is 0 Å². The number of nitrogens with two attached hydrogens (primary N) is 1. The maximum Gasteiger partial charge on any atom is 0.305 e. The van der Waals surface area contributed by atoms with E-state index in [9.17, 15) is 9.59 Å². The van der Waals surface area contributed by atoms with Gasteiger partial charge in [0.25, 0.3) is 0 Å². The van der Waals surface area contributed by atoms with Crippen LogP contribution in [0.5, 0.6) is 0 Å². The molecule has 4 N–H and O–H groups in total. The van der Waals surface area contributed by atoms with Gasteiger partial charge >= 0.3 is 5.97 Å². The molecule has 2 aliphatic carbocycles. The van der Waals surface area contributed by atoms with Gasteiger partial charge in [0.15, 0.2) is 0 Å². The molecule has 102 valence electrons. The zero-order valence-electron chi connectivity index (χ0n) is 10.7. The van der Waals surface area contributed by atoms with E-state index in [0.717, 1.165) is 32.1 Å². The van der Waals surface area contributed by atoms with Crippen LogP contribution in [0.1, 0.15) is 44.9 Å². The molecule has 0 saturated heterocycles. The lowest BCUT2D eigenvalue weighted by molar-refractivity contribution is -0.138. The summed E-state index contributed by atoms with van der Waals surface area (Å²) >= 11 is 0. The molecule has 0 bridgehead atoms. The second kappa shape index (κ2) is 5.26. The Balaban J connectivity index is 1.82. The Morgan fingerprint density at radius 2 is 2.06 bits per heavy atom. The first-order valence-corrected chi connectivity index (χ1v) is 6.76. The number of hydrogen-bond donors (Lipinski definition) is 3. The minimum atomic E-state index is -0.843. The average Bonchev–Trinajstić information content (AvgIpc) is 3.05. The molecule has 0 heterocycles. The molecule has 0 aromatic heterocycles. The summed E-state index contributed by atoms with van der Waals surface area (Å²) < 4.78 is 0. The van der Waals surface area contributed by atoms with Gasteiger partial charge in [-0.2, -0.15) is 0 Å². The predicted molar refractivity (Wildman–Crippen MR) is 66.9 cm³/mol. The summed E-state index contributed by atoms with van der Waals surface area (Å²) in [5.41, 5.74) is 5.71. The quantitative estimate of drug-likeness (QED) is 0.628. The van der Waals surface area contributed by atoms with E-state index in [4.69, 9.17) is 10.8 Å². The maximum absolute atomic E-state index is 12.0. The summed E-state index contributed by atoms with van der Waals surface area (Å²) in [6.45, 7) is 0.549. The van der Waals surface area contributed by atoms with Gasteiger partial charge in [-0.05, 0) is 43.6 Å². The van der Waals surface area contributed by atoms with E-state index in [1.807, 2.05) is 0 Å². The third-order valence-electron chi connectivity index (χ3n) is 4.31. The molecular weight excluding hydrogens is 232 g/mol. The number of rotatable bonds is 7. The first kappa shape index (κ1) is 13.3. The molecule has 2 rings (SSSR count). The van der Waals surface area contributed by atoms with Crippen molar-refractivity contribution in [1.29, 1.82) is 0 Å². The summed E-state index contributed by atoms with van der Waals surface area (Å²) in [4.78, 5) is 22.7. The van der Waals surface area contributed by atoms with Crippen molar-refractivity contribution >= 4 is 11.9 Å². The predicted octanol–water partition coefficient (Wildman–Crippen LogP) is 0.875. The Morgan fingerprint density at radius 3 is 2.44 bits per heavy atom. The van der Waals surface area contributed by atoms with Gasteiger partial charge in [-0.25, -0.2) is 0 Å². The number of carbonyl (C=O) groups is 2. The van der Waals surface area contributed by atoms with Gasteiger partial charge in [0, 0.05) is 12.5 Å². The topological polar surface area (TPSA) is 92.4 Å². The van der Waals surface area contributed by atoms with Crippen LogP contribution in [-0.2, 0) is 9.59 Å². The SMILES string of the molecule is NCC1(CC(=O)NC(CC(=O)O)C2CC2)CCC1. The number of carboxylic acid groups (broad SMARTS) is 1. The van der Waals surface area contributed by atoms with Gasteiger partial charge in [0.2, 0.25) is 5.91 Å². The first-order valence-electron chi connectivity index (χ1n) is 6.76. The minimum Gasteiger partial charge on any atom is -0.481 e. The maximum atomic E-state index is 12.0.